The van der Waals surface area contributed by atoms with Gasteiger partial charge in [0.25, 0.3) is 60.7 Å². The summed E-state index contributed by atoms with van der Waals surface area (Å²) in [6.07, 6.45) is 7.88. The second kappa shape index (κ2) is 27.0. The fourth-order valence-corrected chi connectivity index (χ4v) is 10.2. The van der Waals surface area contributed by atoms with Gasteiger partial charge in [-0.05, 0) is 80.0 Å². The lowest BCUT2D eigenvalue weighted by Crippen LogP contribution is -2.22. The molecule has 0 amide bonds. The Balaban J connectivity index is 0.00000681. The third-order valence-electron chi connectivity index (χ3n) is 9.87. The fraction of sp³-hybridized carbons (Fsp3) is 0.286. The molecule has 0 bridgehead atoms. The summed E-state index contributed by atoms with van der Waals surface area (Å²) in [7, 11) is -30.3. The normalized spacial score (nSPS) is 14.8. The van der Waals surface area contributed by atoms with E-state index in [4.69, 9.17) is 0 Å². The Bertz CT molecular complexity index is 3870. The van der Waals surface area contributed by atoms with Gasteiger partial charge in [0.2, 0.25) is 35.7 Å². The van der Waals surface area contributed by atoms with Crippen LogP contribution in [0.5, 0.6) is 0 Å². The Kier molecular flexibility index (Phi) is 22.2. The summed E-state index contributed by atoms with van der Waals surface area (Å²) in [5.74, 6) is -2.54. The lowest BCUT2D eigenvalue weighted by atomic mass is 10.1. The minimum absolute atomic E-state index is 0.0622. The number of anilines is 8. The number of hydrogen-bond donors (Lipinski definition) is 14. The Hall–Kier alpha value is -6.92. The Morgan fingerprint density at radius 2 is 1.02 bits per heavy atom. The average molecular weight is 1240 g/mol. The molecule has 0 spiro atoms. The molecule has 0 aliphatic heterocycles. The van der Waals surface area contributed by atoms with Crippen LogP contribution >= 0.6 is 0 Å². The fourth-order valence-electron chi connectivity index (χ4n) is 6.43. The summed E-state index contributed by atoms with van der Waals surface area (Å²) >= 11 is 0. The van der Waals surface area contributed by atoms with Gasteiger partial charge in [-0.1, -0.05) is 51.2 Å². The highest BCUT2D eigenvalue weighted by Crippen LogP contribution is 2.31. The molecule has 1 aliphatic carbocycles. The molecule has 0 fully saturated rings. The van der Waals surface area contributed by atoms with Crippen molar-refractivity contribution in [3.05, 3.63) is 106 Å². The van der Waals surface area contributed by atoms with Crippen molar-refractivity contribution in [2.24, 2.45) is 0 Å². The SMILES string of the molecule is CC.CC/C=C(/C=C/C1=C(S(=O)(=O)O)C=C(Nc2nc(Nc3cc(S(=O)(=O)O)ccc3S(=O)(=O)O)nc(NC(C)CO)n2)CC=C1)C(=C/CNc1nc(Nc2cc(S(=O)(=O)O)ccc2S(=O)(=O)O)nc(NC(C)CO)n1)\S(=O)(=O)O. The molecule has 4 aromatic rings. The van der Waals surface area contributed by atoms with Crippen molar-refractivity contribution in [3.8, 4) is 0 Å². The van der Waals surface area contributed by atoms with Crippen LogP contribution in [0.1, 0.15) is 47.5 Å². The summed E-state index contributed by atoms with van der Waals surface area (Å²) in [6.45, 7) is 7.10. The van der Waals surface area contributed by atoms with Gasteiger partial charge in [-0.25, -0.2) is 0 Å². The number of aliphatic hydroxyl groups is 2. The molecule has 80 heavy (non-hydrogen) atoms. The van der Waals surface area contributed by atoms with E-state index in [0.717, 1.165) is 24.3 Å². The van der Waals surface area contributed by atoms with Gasteiger partial charge in [-0.2, -0.15) is 80.4 Å². The number of aliphatic hydroxyl groups excluding tert-OH is 2. The molecule has 2 atom stereocenters. The van der Waals surface area contributed by atoms with Crippen LogP contribution in [-0.4, -0.2) is 150 Å². The van der Waals surface area contributed by atoms with E-state index in [2.05, 4.69) is 61.8 Å². The lowest BCUT2D eigenvalue weighted by molar-refractivity contribution is 0.281. The van der Waals surface area contributed by atoms with Crippen molar-refractivity contribution in [1.29, 1.82) is 0 Å². The van der Waals surface area contributed by atoms with Crippen molar-refractivity contribution < 1.29 is 88.0 Å². The van der Waals surface area contributed by atoms with E-state index >= 15 is 0 Å². The Labute approximate surface area is 459 Å². The van der Waals surface area contributed by atoms with Crippen LogP contribution in [0, 0.1) is 0 Å². The molecule has 2 aromatic carbocycles. The molecule has 32 nitrogen and oxygen atoms in total. The number of allylic oxidation sites excluding steroid dienone is 8. The predicted octanol–water partition coefficient (Wildman–Crippen LogP) is 3.32. The second-order valence-electron chi connectivity index (χ2n) is 16.1. The van der Waals surface area contributed by atoms with Crippen LogP contribution in [0.25, 0.3) is 0 Å². The quantitative estimate of drug-likeness (QED) is 0.0334. The highest BCUT2D eigenvalue weighted by molar-refractivity contribution is 7.90. The zero-order valence-corrected chi connectivity index (χ0v) is 47.2. The maximum atomic E-state index is 13.0. The van der Waals surface area contributed by atoms with Gasteiger partial charge in [-0.15, -0.1) is 0 Å². The van der Waals surface area contributed by atoms with Crippen molar-refractivity contribution in [1.82, 2.24) is 29.9 Å². The summed E-state index contributed by atoms with van der Waals surface area (Å²) in [5, 5.41) is 34.9. The number of nitrogens with one attached hydrogen (secondary N) is 6. The summed E-state index contributed by atoms with van der Waals surface area (Å²) in [6, 6.07) is 2.51. The molecule has 0 radical (unpaired) electrons. The van der Waals surface area contributed by atoms with E-state index in [1.54, 1.807) is 6.92 Å². The molecule has 2 aromatic heterocycles. The van der Waals surface area contributed by atoms with E-state index in [9.17, 15) is 88.0 Å². The molecular formula is C42H54N12O20S6. The maximum Gasteiger partial charge on any atom is 0.296 e. The van der Waals surface area contributed by atoms with Crippen LogP contribution in [0.4, 0.5) is 47.1 Å². The second-order valence-corrected chi connectivity index (χ2v) is 24.5. The van der Waals surface area contributed by atoms with Crippen LogP contribution in [-0.2, 0) is 60.7 Å². The van der Waals surface area contributed by atoms with Gasteiger partial charge < -0.3 is 42.1 Å². The maximum absolute atomic E-state index is 13.0. The lowest BCUT2D eigenvalue weighted by Gasteiger charge is -2.16. The van der Waals surface area contributed by atoms with Gasteiger partial charge in [0, 0.05) is 30.7 Å². The molecule has 0 saturated heterocycles. The molecule has 2 unspecified atom stereocenters. The topological polar surface area (TPSA) is 516 Å². The summed E-state index contributed by atoms with van der Waals surface area (Å²) in [5.41, 5.74) is -1.86. The van der Waals surface area contributed by atoms with Crippen LogP contribution in [0.3, 0.4) is 0 Å². The average Bonchev–Trinajstić information content (AvgIpc) is 3.55. The van der Waals surface area contributed by atoms with E-state index in [0.29, 0.717) is 36.4 Å². The minimum Gasteiger partial charge on any atom is -0.394 e. The summed E-state index contributed by atoms with van der Waals surface area (Å²) in [4.78, 5) is 19.6. The zero-order chi connectivity index (χ0) is 60.2. The van der Waals surface area contributed by atoms with Crippen LogP contribution in [0.15, 0.2) is 125 Å². The van der Waals surface area contributed by atoms with Crippen LogP contribution in [0.2, 0.25) is 0 Å². The van der Waals surface area contributed by atoms with Gasteiger partial charge in [-0.3, -0.25) is 27.3 Å². The number of hydrogen-bond acceptors (Lipinski definition) is 26. The largest absolute Gasteiger partial charge is 0.394 e. The molecular weight excluding hydrogens is 1180 g/mol. The Morgan fingerprint density at radius 1 is 0.588 bits per heavy atom. The summed E-state index contributed by atoms with van der Waals surface area (Å²) < 4.78 is 208. The first-order valence-corrected chi connectivity index (χ1v) is 31.4. The highest BCUT2D eigenvalue weighted by atomic mass is 32.2. The van der Waals surface area contributed by atoms with Gasteiger partial charge in [0.1, 0.15) is 14.7 Å². The first-order valence-electron chi connectivity index (χ1n) is 22.7. The molecule has 0 saturated carbocycles. The molecule has 1 aliphatic rings. The van der Waals surface area contributed by atoms with Crippen molar-refractivity contribution >= 4 is 108 Å². The third-order valence-corrected chi connectivity index (χ3v) is 15.3. The van der Waals surface area contributed by atoms with Crippen molar-refractivity contribution in [2.75, 3.05) is 51.7 Å². The number of aromatic nitrogens is 6. The third kappa shape index (κ3) is 19.1. The zero-order valence-electron chi connectivity index (χ0n) is 42.3. The predicted molar refractivity (Wildman–Crippen MR) is 290 cm³/mol. The molecule has 5 rings (SSSR count). The number of nitrogens with zero attached hydrogens (tertiary/aromatic N) is 6. The minimum atomic E-state index is -5.17. The van der Waals surface area contributed by atoms with E-state index in [-0.39, 0.29) is 41.6 Å². The highest BCUT2D eigenvalue weighted by Gasteiger charge is 2.25. The first kappa shape index (κ1) is 65.6. The molecule has 438 valence electrons. The molecule has 14 N–H and O–H groups in total. The Morgan fingerprint density at radius 3 is 1.44 bits per heavy atom. The smallest absolute Gasteiger partial charge is 0.296 e. The van der Waals surface area contributed by atoms with Gasteiger partial charge in [0.15, 0.2) is 0 Å². The number of rotatable bonds is 25. The van der Waals surface area contributed by atoms with Crippen molar-refractivity contribution in [3.63, 3.8) is 0 Å². The first-order chi connectivity index (χ1) is 37.1. The molecule has 38 heteroatoms. The number of benzene rings is 2. The van der Waals surface area contributed by atoms with Crippen LogP contribution < -0.4 is 31.9 Å². The van der Waals surface area contributed by atoms with Gasteiger partial charge >= 0.3 is 0 Å². The van der Waals surface area contributed by atoms with E-state index in [1.165, 1.54) is 32.1 Å². The monoisotopic (exact) mass is 1240 g/mol. The van der Waals surface area contributed by atoms with E-state index in [1.807, 2.05) is 13.8 Å². The van der Waals surface area contributed by atoms with E-state index < -0.39 is 157 Å². The standard InChI is InChI=1S/C40H48N12O20S6.C2H6/c1-4-6-24(31(75(61,62)63)15-16-41-35-47-36(42-22(2)20-53)50-39(48-35)45-29-18-27(73(55,56)57)11-13-32(29)76(64,65)66)9-10-25-7-5-8-26(17-34(25)78(70,71)72)44-38-49-37(43-23(3)21-54)51-40(52-38)46-30-19-28(74(58,59)60)12-14-33(30)77(67,68)69;1-2/h5-7,9-15,17-19,22-23,53-54H,4,8,16,20-21H2,1-3H3,(H,55,56,57)(H,58,59,60)(H,61,62,63)(H,64,65,66)(H,67,68,69)(H,70,71,72)(H3,41,42,45,47,48,50)(H3,43,44,46,49,51,52);1-2H3/b10-9+,24-6-,31-15+;. The van der Waals surface area contributed by atoms with Gasteiger partial charge in [0.05, 0.1) is 39.3 Å². The molecule has 2 heterocycles. The van der Waals surface area contributed by atoms with Crippen molar-refractivity contribution in [2.45, 2.75) is 79.1 Å².